The van der Waals surface area contributed by atoms with Gasteiger partial charge in [-0.3, -0.25) is 19.2 Å². The summed E-state index contributed by atoms with van der Waals surface area (Å²) in [5.74, 6) is -1.55. The topological polar surface area (TPSA) is 184 Å². The standard InChI is InChI=1S/2C10H9NO5/c12-9(13)4-11-10(14)6-1-2-7-8(3-6)16-5-15-7;11-8(10(13)14)9(12)5-1-2-6-7(3-5)16-4-15-6/h1-3H,4-5H2,(H,11,14)(H,12,13);1-3,8H,4,11H2,(H,13,14). The van der Waals surface area contributed by atoms with E-state index < -0.39 is 36.2 Å². The van der Waals surface area contributed by atoms with Crippen LogP contribution >= 0.6 is 0 Å². The maximum atomic E-state index is 11.6. The lowest BCUT2D eigenvalue weighted by atomic mass is 10.0. The van der Waals surface area contributed by atoms with E-state index >= 15 is 0 Å². The Kier molecular flexibility index (Phi) is 6.75. The van der Waals surface area contributed by atoms with Crippen LogP contribution in [-0.2, 0) is 9.59 Å². The van der Waals surface area contributed by atoms with Crippen LogP contribution in [0, 0.1) is 0 Å². The highest BCUT2D eigenvalue weighted by atomic mass is 16.7. The zero-order chi connectivity index (χ0) is 23.3. The van der Waals surface area contributed by atoms with Gasteiger partial charge in [0.2, 0.25) is 13.6 Å². The minimum Gasteiger partial charge on any atom is -0.480 e. The number of ether oxygens (including phenoxy) is 4. The molecule has 2 heterocycles. The number of fused-ring (bicyclic) bond motifs is 2. The van der Waals surface area contributed by atoms with Gasteiger partial charge in [0, 0.05) is 11.1 Å². The molecule has 2 aliphatic heterocycles. The molecule has 12 nitrogen and oxygen atoms in total. The Hall–Kier alpha value is -4.32. The molecule has 32 heavy (non-hydrogen) atoms. The van der Waals surface area contributed by atoms with Gasteiger partial charge in [-0.1, -0.05) is 0 Å². The van der Waals surface area contributed by atoms with E-state index in [1.807, 2.05) is 0 Å². The first kappa shape index (κ1) is 22.4. The van der Waals surface area contributed by atoms with Crippen LogP contribution in [0.5, 0.6) is 23.0 Å². The molecule has 5 N–H and O–H groups in total. The third-order valence-corrected chi connectivity index (χ3v) is 4.24. The van der Waals surface area contributed by atoms with E-state index in [0.717, 1.165) is 0 Å². The molecule has 2 aromatic rings. The van der Waals surface area contributed by atoms with Crippen LogP contribution in [0.4, 0.5) is 0 Å². The van der Waals surface area contributed by atoms with Crippen molar-refractivity contribution in [1.82, 2.24) is 5.32 Å². The van der Waals surface area contributed by atoms with Crippen molar-refractivity contribution in [2.45, 2.75) is 6.04 Å². The molecule has 1 unspecified atom stereocenters. The minimum absolute atomic E-state index is 0.0952. The van der Waals surface area contributed by atoms with Crippen LogP contribution in [0.1, 0.15) is 20.7 Å². The van der Waals surface area contributed by atoms with E-state index in [1.165, 1.54) is 18.2 Å². The smallest absolute Gasteiger partial charge is 0.328 e. The maximum absolute atomic E-state index is 11.6. The van der Waals surface area contributed by atoms with Crippen molar-refractivity contribution in [2.75, 3.05) is 20.1 Å². The highest BCUT2D eigenvalue weighted by molar-refractivity contribution is 6.11. The molecule has 2 aromatic carbocycles. The number of nitrogens with two attached hydrogens (primary N) is 1. The molecule has 4 rings (SSSR count). The lowest BCUT2D eigenvalue weighted by Gasteiger charge is -2.05. The van der Waals surface area contributed by atoms with Crippen LogP contribution in [0.25, 0.3) is 0 Å². The Morgan fingerprint density at radius 1 is 0.844 bits per heavy atom. The summed E-state index contributed by atoms with van der Waals surface area (Å²) in [6.07, 6.45) is 0. The van der Waals surface area contributed by atoms with E-state index in [4.69, 9.17) is 34.9 Å². The third kappa shape index (κ3) is 5.23. The number of hydrogen-bond acceptors (Lipinski definition) is 9. The molecular weight excluding hydrogens is 428 g/mol. The summed E-state index contributed by atoms with van der Waals surface area (Å²) >= 11 is 0. The van der Waals surface area contributed by atoms with Gasteiger partial charge >= 0.3 is 11.9 Å². The van der Waals surface area contributed by atoms with Crippen molar-refractivity contribution in [3.63, 3.8) is 0 Å². The lowest BCUT2D eigenvalue weighted by molar-refractivity contribution is -0.137. The third-order valence-electron chi connectivity index (χ3n) is 4.24. The maximum Gasteiger partial charge on any atom is 0.328 e. The lowest BCUT2D eigenvalue weighted by Crippen LogP contribution is -2.38. The molecule has 0 bridgehead atoms. The molecule has 0 saturated carbocycles. The van der Waals surface area contributed by atoms with E-state index in [-0.39, 0.29) is 19.1 Å². The van der Waals surface area contributed by atoms with E-state index in [2.05, 4.69) is 5.32 Å². The number of carbonyl (C=O) groups is 4. The first-order valence-electron chi connectivity index (χ1n) is 9.08. The summed E-state index contributed by atoms with van der Waals surface area (Å²) in [7, 11) is 0. The molecule has 0 aliphatic carbocycles. The first-order valence-corrected chi connectivity index (χ1v) is 9.08. The summed E-state index contributed by atoms with van der Waals surface area (Å²) < 4.78 is 20.3. The van der Waals surface area contributed by atoms with Crippen LogP contribution in [0.15, 0.2) is 36.4 Å². The number of hydrogen-bond donors (Lipinski definition) is 4. The SMILES string of the molecule is NC(C(=O)O)C(=O)c1ccc2c(c1)OCO2.O=C(O)CNC(=O)c1ccc2c(c1)OCO2. The van der Waals surface area contributed by atoms with Crippen molar-refractivity contribution in [1.29, 1.82) is 0 Å². The van der Waals surface area contributed by atoms with Gasteiger partial charge in [-0.2, -0.15) is 0 Å². The Labute approximate surface area is 180 Å². The van der Waals surface area contributed by atoms with Crippen LogP contribution < -0.4 is 30.0 Å². The Balaban J connectivity index is 0.000000181. The number of nitrogens with one attached hydrogen (secondary N) is 1. The summed E-state index contributed by atoms with van der Waals surface area (Å²) in [6, 6.07) is 7.54. The summed E-state index contributed by atoms with van der Waals surface area (Å²) in [6.45, 7) is -0.180. The molecule has 2 aliphatic rings. The number of aliphatic carboxylic acids is 2. The predicted octanol–water partition coefficient (Wildman–Crippen LogP) is 0.240. The number of benzene rings is 2. The van der Waals surface area contributed by atoms with Crippen molar-refractivity contribution in [3.05, 3.63) is 47.5 Å². The number of Topliss-reactive ketones (excluding diaryl/α,β-unsaturated/α-hetero) is 1. The van der Waals surface area contributed by atoms with Gasteiger partial charge < -0.3 is 40.2 Å². The van der Waals surface area contributed by atoms with E-state index in [9.17, 15) is 19.2 Å². The number of carboxylic acid groups (broad SMARTS) is 2. The van der Waals surface area contributed by atoms with Gasteiger partial charge in [0.15, 0.2) is 34.8 Å². The minimum atomic E-state index is -1.56. The molecule has 1 atom stereocenters. The first-order chi connectivity index (χ1) is 15.3. The highest BCUT2D eigenvalue weighted by Crippen LogP contribution is 2.33. The largest absolute Gasteiger partial charge is 0.480 e. The van der Waals surface area contributed by atoms with Crippen LogP contribution in [-0.4, -0.2) is 60.0 Å². The second kappa shape index (κ2) is 9.66. The molecule has 0 aromatic heterocycles. The number of carbonyl (C=O) groups excluding carboxylic acids is 2. The van der Waals surface area contributed by atoms with Gasteiger partial charge in [-0.25, -0.2) is 0 Å². The molecular formula is C20H18N2O10. The van der Waals surface area contributed by atoms with Gasteiger partial charge in [-0.05, 0) is 36.4 Å². The highest BCUT2D eigenvalue weighted by Gasteiger charge is 2.24. The fraction of sp³-hybridized carbons (Fsp3) is 0.200. The van der Waals surface area contributed by atoms with E-state index in [1.54, 1.807) is 18.2 Å². The molecule has 168 valence electrons. The van der Waals surface area contributed by atoms with Crippen molar-refractivity contribution in [3.8, 4) is 23.0 Å². The summed E-state index contributed by atoms with van der Waals surface area (Å²) in [5, 5.41) is 19.3. The number of rotatable bonds is 6. The zero-order valence-electron chi connectivity index (χ0n) is 16.4. The van der Waals surface area contributed by atoms with Gasteiger partial charge in [0.05, 0.1) is 0 Å². The van der Waals surface area contributed by atoms with Gasteiger partial charge in [0.25, 0.3) is 5.91 Å². The fourth-order valence-electron chi connectivity index (χ4n) is 2.64. The Morgan fingerprint density at radius 3 is 1.88 bits per heavy atom. The predicted molar refractivity (Wildman–Crippen MR) is 105 cm³/mol. The fourth-order valence-corrected chi connectivity index (χ4v) is 2.64. The molecule has 1 amide bonds. The van der Waals surface area contributed by atoms with Crippen molar-refractivity contribution >= 4 is 23.6 Å². The van der Waals surface area contributed by atoms with Crippen molar-refractivity contribution < 1.29 is 48.3 Å². The summed E-state index contributed by atoms with van der Waals surface area (Å²) in [4.78, 5) is 43.9. The second-order valence-electron chi connectivity index (χ2n) is 6.39. The van der Waals surface area contributed by atoms with E-state index in [0.29, 0.717) is 28.6 Å². The molecule has 0 radical (unpaired) electrons. The average molecular weight is 446 g/mol. The number of amides is 1. The molecule has 0 saturated heterocycles. The second-order valence-corrected chi connectivity index (χ2v) is 6.39. The number of carboxylic acids is 2. The quantitative estimate of drug-likeness (QED) is 0.352. The van der Waals surface area contributed by atoms with Crippen LogP contribution in [0.2, 0.25) is 0 Å². The van der Waals surface area contributed by atoms with Crippen molar-refractivity contribution in [2.24, 2.45) is 5.73 Å². The Morgan fingerprint density at radius 2 is 1.34 bits per heavy atom. The number of ketones is 1. The van der Waals surface area contributed by atoms with Crippen LogP contribution in [0.3, 0.4) is 0 Å². The normalized spacial score (nSPS) is 13.4. The average Bonchev–Trinajstić information content (AvgIpc) is 3.44. The molecule has 0 fully saturated rings. The Bertz CT molecular complexity index is 1070. The molecule has 12 heteroatoms. The summed E-state index contributed by atoms with van der Waals surface area (Å²) in [5.41, 5.74) is 5.75. The zero-order valence-corrected chi connectivity index (χ0v) is 16.4. The molecule has 0 spiro atoms. The monoisotopic (exact) mass is 446 g/mol. The van der Waals surface area contributed by atoms with Gasteiger partial charge in [-0.15, -0.1) is 0 Å². The van der Waals surface area contributed by atoms with Gasteiger partial charge in [0.1, 0.15) is 6.54 Å².